The molecule has 5 nitrogen and oxygen atoms in total. The first-order chi connectivity index (χ1) is 9.31. The van der Waals surface area contributed by atoms with E-state index < -0.39 is 0 Å². The molecule has 0 saturated carbocycles. The predicted molar refractivity (Wildman–Crippen MR) is 72.2 cm³/mol. The van der Waals surface area contributed by atoms with Crippen molar-refractivity contribution in [3.8, 4) is 11.4 Å². The molecule has 1 unspecified atom stereocenters. The third kappa shape index (κ3) is 3.00. The largest absolute Gasteiger partial charge is 0.338 e. The Morgan fingerprint density at radius 2 is 2.16 bits per heavy atom. The lowest BCUT2D eigenvalue weighted by Crippen LogP contribution is -2.42. The fourth-order valence-corrected chi connectivity index (χ4v) is 2.45. The molecule has 1 aromatic carbocycles. The zero-order valence-electron chi connectivity index (χ0n) is 10.8. The number of nitrogens with two attached hydrogens (primary N) is 1. The van der Waals surface area contributed by atoms with E-state index in [0.717, 1.165) is 31.5 Å². The Kier molecular flexibility index (Phi) is 3.57. The summed E-state index contributed by atoms with van der Waals surface area (Å²) in [5.74, 6) is 1.31. The maximum Gasteiger partial charge on any atom is 0.241 e. The lowest BCUT2D eigenvalue weighted by molar-refractivity contribution is 0.178. The van der Waals surface area contributed by atoms with Crippen molar-refractivity contribution in [3.63, 3.8) is 0 Å². The Morgan fingerprint density at radius 3 is 2.95 bits per heavy atom. The third-order valence-electron chi connectivity index (χ3n) is 3.40. The van der Waals surface area contributed by atoms with Crippen LogP contribution < -0.4 is 5.73 Å². The van der Waals surface area contributed by atoms with Crippen LogP contribution in [0.3, 0.4) is 0 Å². The first-order valence-electron chi connectivity index (χ1n) is 6.67. The summed E-state index contributed by atoms with van der Waals surface area (Å²) in [6.45, 7) is 2.65. The topological polar surface area (TPSA) is 68.2 Å². The van der Waals surface area contributed by atoms with E-state index in [1.165, 1.54) is 0 Å². The zero-order valence-corrected chi connectivity index (χ0v) is 10.8. The molecule has 0 bridgehead atoms. The van der Waals surface area contributed by atoms with Gasteiger partial charge in [-0.3, -0.25) is 4.90 Å². The van der Waals surface area contributed by atoms with Gasteiger partial charge in [-0.2, -0.15) is 4.98 Å². The van der Waals surface area contributed by atoms with E-state index in [4.69, 9.17) is 10.3 Å². The number of likely N-dealkylation sites (tertiary alicyclic amines) is 1. The summed E-state index contributed by atoms with van der Waals surface area (Å²) in [5, 5.41) is 4.03. The summed E-state index contributed by atoms with van der Waals surface area (Å²) in [6, 6.07) is 10.1. The van der Waals surface area contributed by atoms with Gasteiger partial charge in [0.15, 0.2) is 0 Å². The van der Waals surface area contributed by atoms with Crippen molar-refractivity contribution in [2.24, 2.45) is 5.73 Å². The highest BCUT2D eigenvalue weighted by Crippen LogP contribution is 2.17. The number of hydrogen-bond acceptors (Lipinski definition) is 5. The molecule has 3 rings (SSSR count). The van der Waals surface area contributed by atoms with Gasteiger partial charge in [-0.15, -0.1) is 0 Å². The predicted octanol–water partition coefficient (Wildman–Crippen LogP) is 1.66. The molecule has 1 aliphatic heterocycles. The second-order valence-corrected chi connectivity index (χ2v) is 5.02. The van der Waals surface area contributed by atoms with Crippen LogP contribution in [0.1, 0.15) is 18.7 Å². The van der Waals surface area contributed by atoms with Gasteiger partial charge in [-0.05, 0) is 19.4 Å². The zero-order chi connectivity index (χ0) is 13.1. The molecule has 0 aliphatic carbocycles. The second-order valence-electron chi connectivity index (χ2n) is 5.02. The SMILES string of the molecule is NC1CCCN(Cc2nc(-c3ccccc3)no2)C1. The molecule has 5 heteroatoms. The molecular weight excluding hydrogens is 240 g/mol. The minimum Gasteiger partial charge on any atom is -0.338 e. The first-order valence-corrected chi connectivity index (χ1v) is 6.67. The van der Waals surface area contributed by atoms with Crippen LogP contribution in [-0.2, 0) is 6.54 Å². The fraction of sp³-hybridized carbons (Fsp3) is 0.429. The van der Waals surface area contributed by atoms with Gasteiger partial charge < -0.3 is 10.3 Å². The smallest absolute Gasteiger partial charge is 0.241 e. The van der Waals surface area contributed by atoms with E-state index in [1.807, 2.05) is 30.3 Å². The first kappa shape index (κ1) is 12.3. The number of rotatable bonds is 3. The van der Waals surface area contributed by atoms with Crippen molar-refractivity contribution >= 4 is 0 Å². The van der Waals surface area contributed by atoms with Crippen molar-refractivity contribution in [3.05, 3.63) is 36.2 Å². The Bertz CT molecular complexity index is 525. The van der Waals surface area contributed by atoms with E-state index in [2.05, 4.69) is 15.0 Å². The summed E-state index contributed by atoms with van der Waals surface area (Å²) >= 11 is 0. The fourth-order valence-electron chi connectivity index (χ4n) is 2.45. The summed E-state index contributed by atoms with van der Waals surface area (Å²) in [6.07, 6.45) is 2.25. The lowest BCUT2D eigenvalue weighted by Gasteiger charge is -2.29. The van der Waals surface area contributed by atoms with E-state index in [1.54, 1.807) is 0 Å². The van der Waals surface area contributed by atoms with Gasteiger partial charge in [0.05, 0.1) is 6.54 Å². The van der Waals surface area contributed by atoms with Gasteiger partial charge in [0.1, 0.15) is 0 Å². The van der Waals surface area contributed by atoms with E-state index in [0.29, 0.717) is 18.3 Å². The van der Waals surface area contributed by atoms with Crippen molar-refractivity contribution in [1.29, 1.82) is 0 Å². The molecule has 19 heavy (non-hydrogen) atoms. The van der Waals surface area contributed by atoms with E-state index in [9.17, 15) is 0 Å². The third-order valence-corrected chi connectivity index (χ3v) is 3.40. The van der Waals surface area contributed by atoms with Gasteiger partial charge in [0.25, 0.3) is 0 Å². The van der Waals surface area contributed by atoms with Crippen LogP contribution >= 0.6 is 0 Å². The molecule has 0 radical (unpaired) electrons. The summed E-state index contributed by atoms with van der Waals surface area (Å²) < 4.78 is 5.31. The molecule has 2 N–H and O–H groups in total. The number of hydrogen-bond donors (Lipinski definition) is 1. The van der Waals surface area contributed by atoms with Crippen LogP contribution in [0, 0.1) is 0 Å². The van der Waals surface area contributed by atoms with Crippen molar-refractivity contribution in [2.75, 3.05) is 13.1 Å². The molecule has 1 fully saturated rings. The van der Waals surface area contributed by atoms with E-state index >= 15 is 0 Å². The van der Waals surface area contributed by atoms with Gasteiger partial charge in [-0.25, -0.2) is 0 Å². The number of benzene rings is 1. The Morgan fingerprint density at radius 1 is 1.32 bits per heavy atom. The molecule has 1 saturated heterocycles. The molecule has 2 heterocycles. The minimum atomic E-state index is 0.269. The van der Waals surface area contributed by atoms with Gasteiger partial charge in [0.2, 0.25) is 11.7 Å². The minimum absolute atomic E-state index is 0.269. The van der Waals surface area contributed by atoms with E-state index in [-0.39, 0.29) is 6.04 Å². The molecule has 2 aromatic rings. The molecule has 0 spiro atoms. The highest BCUT2D eigenvalue weighted by atomic mass is 16.5. The highest BCUT2D eigenvalue weighted by Gasteiger charge is 2.19. The van der Waals surface area contributed by atoms with Crippen LogP contribution in [0.5, 0.6) is 0 Å². The van der Waals surface area contributed by atoms with Crippen molar-refractivity contribution in [1.82, 2.24) is 15.0 Å². The number of nitrogens with zero attached hydrogens (tertiary/aromatic N) is 3. The monoisotopic (exact) mass is 258 g/mol. The van der Waals surface area contributed by atoms with Gasteiger partial charge in [0, 0.05) is 18.2 Å². The molecule has 1 aliphatic rings. The van der Waals surface area contributed by atoms with Crippen molar-refractivity contribution < 1.29 is 4.52 Å². The van der Waals surface area contributed by atoms with Gasteiger partial charge >= 0.3 is 0 Å². The normalized spacial score (nSPS) is 20.6. The Balaban J connectivity index is 1.68. The van der Waals surface area contributed by atoms with Crippen molar-refractivity contribution in [2.45, 2.75) is 25.4 Å². The van der Waals surface area contributed by atoms with Crippen LogP contribution in [-0.4, -0.2) is 34.2 Å². The average molecular weight is 258 g/mol. The van der Waals surface area contributed by atoms with Crippen LogP contribution in [0.4, 0.5) is 0 Å². The maximum absolute atomic E-state index is 5.97. The molecular formula is C14H18N4O. The summed E-state index contributed by atoms with van der Waals surface area (Å²) in [4.78, 5) is 6.71. The molecule has 100 valence electrons. The van der Waals surface area contributed by atoms with Crippen LogP contribution in [0.25, 0.3) is 11.4 Å². The van der Waals surface area contributed by atoms with Crippen LogP contribution in [0.15, 0.2) is 34.9 Å². The highest BCUT2D eigenvalue weighted by molar-refractivity contribution is 5.53. The maximum atomic E-state index is 5.97. The molecule has 0 amide bonds. The average Bonchev–Trinajstić information content (AvgIpc) is 2.88. The summed E-state index contributed by atoms with van der Waals surface area (Å²) in [5.41, 5.74) is 6.95. The Labute approximate surface area is 112 Å². The van der Waals surface area contributed by atoms with Gasteiger partial charge in [-0.1, -0.05) is 35.5 Å². The van der Waals surface area contributed by atoms with Crippen LogP contribution in [0.2, 0.25) is 0 Å². The second kappa shape index (κ2) is 5.50. The number of aromatic nitrogens is 2. The Hall–Kier alpha value is -1.72. The summed E-state index contributed by atoms with van der Waals surface area (Å²) in [7, 11) is 0. The quantitative estimate of drug-likeness (QED) is 0.906. The standard InChI is InChI=1S/C14H18N4O/c15-12-7-4-8-18(9-12)10-13-16-14(17-19-13)11-5-2-1-3-6-11/h1-3,5-6,12H,4,7-10,15H2. The molecule has 1 aromatic heterocycles. The molecule has 1 atom stereocenters. The lowest BCUT2D eigenvalue weighted by atomic mass is 10.1. The number of piperidine rings is 1.